The first kappa shape index (κ1) is 15.8. The number of halogens is 5. The third kappa shape index (κ3) is 4.39. The zero-order chi connectivity index (χ0) is 14.6. The predicted octanol–water partition coefficient (Wildman–Crippen LogP) is 2.88. The first-order valence-corrected chi connectivity index (χ1v) is 5.47. The minimum Gasteiger partial charge on any atom is -0.389 e. The van der Waals surface area contributed by atoms with Crippen LogP contribution < -0.4 is 5.73 Å². The van der Waals surface area contributed by atoms with Crippen molar-refractivity contribution in [2.45, 2.75) is 19.0 Å². The molecule has 0 aliphatic rings. The van der Waals surface area contributed by atoms with Gasteiger partial charge in [-0.25, -0.2) is 13.2 Å². The second-order valence-corrected chi connectivity index (χ2v) is 4.17. The van der Waals surface area contributed by atoms with E-state index in [0.717, 1.165) is 6.07 Å². The van der Waals surface area contributed by atoms with E-state index in [0.29, 0.717) is 5.56 Å². The largest absolute Gasteiger partial charge is 0.389 e. The zero-order valence-corrected chi connectivity index (χ0v) is 10.3. The van der Waals surface area contributed by atoms with Crippen LogP contribution in [0, 0.1) is 5.82 Å². The summed E-state index contributed by atoms with van der Waals surface area (Å²) < 4.78 is 66.5. The van der Waals surface area contributed by atoms with Gasteiger partial charge < -0.3 is 10.5 Å². The van der Waals surface area contributed by atoms with Crippen LogP contribution in [0.3, 0.4) is 0 Å². The Morgan fingerprint density at radius 2 is 2.00 bits per heavy atom. The van der Waals surface area contributed by atoms with Crippen molar-refractivity contribution >= 4 is 17.2 Å². The first-order valence-electron chi connectivity index (χ1n) is 5.06. The number of hydrogen-bond acceptors (Lipinski definition) is 2. The number of benzene rings is 1. The zero-order valence-electron chi connectivity index (χ0n) is 9.51. The van der Waals surface area contributed by atoms with E-state index in [9.17, 15) is 22.0 Å². The van der Waals surface area contributed by atoms with Crippen LogP contribution in [0.4, 0.5) is 22.0 Å². The minimum atomic E-state index is -4.22. The maximum Gasteiger partial charge on any atom is 0.330 e. The van der Waals surface area contributed by atoms with Crippen molar-refractivity contribution < 1.29 is 26.7 Å². The summed E-state index contributed by atoms with van der Waals surface area (Å²) in [5.41, 5.74) is 5.49. The van der Waals surface area contributed by atoms with Crippen LogP contribution in [0.15, 0.2) is 18.2 Å². The SMILES string of the molecule is NC(=S)c1cc(COCC(F)(F)C(F)F)ccc1F. The van der Waals surface area contributed by atoms with Crippen LogP contribution in [0.5, 0.6) is 0 Å². The summed E-state index contributed by atoms with van der Waals surface area (Å²) in [5.74, 6) is -4.87. The number of nitrogens with two attached hydrogens (primary N) is 1. The van der Waals surface area contributed by atoms with Gasteiger partial charge in [0.25, 0.3) is 0 Å². The lowest BCUT2D eigenvalue weighted by atomic mass is 10.1. The van der Waals surface area contributed by atoms with E-state index in [1.807, 2.05) is 0 Å². The Hall–Kier alpha value is -1.28. The predicted molar refractivity (Wildman–Crippen MR) is 62.9 cm³/mol. The molecule has 0 amide bonds. The molecular formula is C11H10F5NOS. The van der Waals surface area contributed by atoms with E-state index < -0.39 is 24.8 Å². The fourth-order valence-corrected chi connectivity index (χ4v) is 1.38. The van der Waals surface area contributed by atoms with Gasteiger partial charge >= 0.3 is 12.3 Å². The molecule has 0 heterocycles. The average Bonchev–Trinajstić information content (AvgIpc) is 2.30. The molecule has 0 aliphatic carbocycles. The molecule has 19 heavy (non-hydrogen) atoms. The van der Waals surface area contributed by atoms with Crippen molar-refractivity contribution in [3.63, 3.8) is 0 Å². The molecule has 0 unspecified atom stereocenters. The molecular weight excluding hydrogens is 289 g/mol. The molecule has 1 aromatic carbocycles. The Bertz CT molecular complexity index is 466. The smallest absolute Gasteiger partial charge is 0.330 e. The molecule has 1 rings (SSSR count). The Kier molecular flexibility index (Phi) is 5.19. The lowest BCUT2D eigenvalue weighted by molar-refractivity contribution is -0.168. The summed E-state index contributed by atoms with van der Waals surface area (Å²) in [4.78, 5) is -0.197. The fraction of sp³-hybridized carbons (Fsp3) is 0.364. The fourth-order valence-electron chi connectivity index (χ4n) is 1.22. The summed E-state index contributed by atoms with van der Waals surface area (Å²) >= 11 is 4.59. The lowest BCUT2D eigenvalue weighted by Crippen LogP contribution is -2.32. The second-order valence-electron chi connectivity index (χ2n) is 3.73. The minimum absolute atomic E-state index is 0.0586. The molecule has 1 aromatic rings. The van der Waals surface area contributed by atoms with E-state index >= 15 is 0 Å². The highest BCUT2D eigenvalue weighted by Crippen LogP contribution is 2.23. The summed E-state index contributed by atoms with van der Waals surface area (Å²) in [6, 6.07) is 3.52. The van der Waals surface area contributed by atoms with E-state index in [1.54, 1.807) is 0 Å². The molecule has 0 radical (unpaired) electrons. The van der Waals surface area contributed by atoms with Crippen molar-refractivity contribution in [2.75, 3.05) is 6.61 Å². The van der Waals surface area contributed by atoms with Gasteiger partial charge in [0.2, 0.25) is 0 Å². The highest BCUT2D eigenvalue weighted by Gasteiger charge is 2.40. The van der Waals surface area contributed by atoms with Gasteiger partial charge in [0.05, 0.1) is 6.61 Å². The summed E-state index contributed by atoms with van der Waals surface area (Å²) in [5, 5.41) is 0. The standard InChI is InChI=1S/C11H10F5NOS/c12-8-2-1-6(3-7(8)9(17)19)4-18-5-11(15,16)10(13)14/h1-3,10H,4-5H2,(H2,17,19). The molecule has 2 nitrogen and oxygen atoms in total. The maximum atomic E-state index is 13.2. The third-order valence-electron chi connectivity index (χ3n) is 2.18. The Morgan fingerprint density at radius 3 is 2.53 bits per heavy atom. The van der Waals surface area contributed by atoms with Crippen molar-refractivity contribution in [3.05, 3.63) is 35.1 Å². The molecule has 0 saturated carbocycles. The normalized spacial score (nSPS) is 11.9. The molecule has 0 atom stereocenters. The summed E-state index contributed by atoms with van der Waals surface area (Å²) in [6.07, 6.45) is -3.80. The summed E-state index contributed by atoms with van der Waals surface area (Å²) in [6.45, 7) is -1.80. The van der Waals surface area contributed by atoms with E-state index in [-0.39, 0.29) is 17.2 Å². The van der Waals surface area contributed by atoms with Crippen LogP contribution in [-0.2, 0) is 11.3 Å². The number of alkyl halides is 4. The Labute approximate surface area is 111 Å². The molecule has 106 valence electrons. The number of hydrogen-bond donors (Lipinski definition) is 1. The van der Waals surface area contributed by atoms with Gasteiger partial charge in [-0.3, -0.25) is 0 Å². The number of ether oxygens (including phenoxy) is 1. The van der Waals surface area contributed by atoms with Crippen molar-refractivity contribution in [1.29, 1.82) is 0 Å². The molecule has 0 aliphatic heterocycles. The number of rotatable bonds is 6. The van der Waals surface area contributed by atoms with Gasteiger partial charge in [-0.05, 0) is 17.7 Å². The molecule has 0 bridgehead atoms. The van der Waals surface area contributed by atoms with Gasteiger partial charge in [-0.15, -0.1) is 0 Å². The van der Waals surface area contributed by atoms with Crippen molar-refractivity contribution in [1.82, 2.24) is 0 Å². The van der Waals surface area contributed by atoms with Crippen molar-refractivity contribution in [3.8, 4) is 0 Å². The van der Waals surface area contributed by atoms with Gasteiger partial charge in [-0.2, -0.15) is 8.78 Å². The van der Waals surface area contributed by atoms with Crippen LogP contribution in [-0.4, -0.2) is 23.9 Å². The molecule has 0 saturated heterocycles. The van der Waals surface area contributed by atoms with Crippen molar-refractivity contribution in [2.24, 2.45) is 5.73 Å². The van der Waals surface area contributed by atoms with Crippen LogP contribution >= 0.6 is 12.2 Å². The van der Waals surface area contributed by atoms with E-state index in [2.05, 4.69) is 17.0 Å². The maximum absolute atomic E-state index is 13.2. The van der Waals surface area contributed by atoms with Gasteiger partial charge in [0, 0.05) is 5.56 Å². The lowest BCUT2D eigenvalue weighted by Gasteiger charge is -2.15. The molecule has 2 N–H and O–H groups in total. The highest BCUT2D eigenvalue weighted by molar-refractivity contribution is 7.80. The quantitative estimate of drug-likeness (QED) is 0.648. The molecule has 8 heteroatoms. The average molecular weight is 299 g/mol. The number of thiocarbonyl (C=S) groups is 1. The first-order chi connectivity index (χ1) is 8.74. The Morgan fingerprint density at radius 1 is 1.37 bits per heavy atom. The van der Waals surface area contributed by atoms with Crippen LogP contribution in [0.1, 0.15) is 11.1 Å². The molecule has 0 aromatic heterocycles. The topological polar surface area (TPSA) is 35.2 Å². The molecule has 0 spiro atoms. The monoisotopic (exact) mass is 299 g/mol. The Balaban J connectivity index is 2.64. The third-order valence-corrected chi connectivity index (χ3v) is 2.40. The van der Waals surface area contributed by atoms with Crippen LogP contribution in [0.25, 0.3) is 0 Å². The van der Waals surface area contributed by atoms with E-state index in [1.165, 1.54) is 12.1 Å². The van der Waals surface area contributed by atoms with Crippen LogP contribution in [0.2, 0.25) is 0 Å². The van der Waals surface area contributed by atoms with E-state index in [4.69, 9.17) is 5.73 Å². The van der Waals surface area contributed by atoms with Gasteiger partial charge in [0.1, 0.15) is 17.4 Å². The molecule has 0 fully saturated rings. The summed E-state index contributed by atoms with van der Waals surface area (Å²) in [7, 11) is 0. The second kappa shape index (κ2) is 6.25. The van der Waals surface area contributed by atoms with Gasteiger partial charge in [0.15, 0.2) is 0 Å². The van der Waals surface area contributed by atoms with Gasteiger partial charge in [-0.1, -0.05) is 18.3 Å². The highest BCUT2D eigenvalue weighted by atomic mass is 32.1.